The molecule has 0 atom stereocenters. The predicted octanol–water partition coefficient (Wildman–Crippen LogP) is 2.65. The third kappa shape index (κ3) is 3.07. The molecule has 2 aromatic heterocycles. The molecule has 132 valence electrons. The number of nitrogens with one attached hydrogen (secondary N) is 1. The fraction of sp³-hybridized carbons (Fsp3) is 0.474. The summed E-state index contributed by atoms with van der Waals surface area (Å²) >= 11 is 0. The van der Waals surface area contributed by atoms with Crippen LogP contribution in [0.25, 0.3) is 22.1 Å². The van der Waals surface area contributed by atoms with E-state index in [0.717, 1.165) is 31.1 Å². The molecule has 0 unspecified atom stereocenters. The van der Waals surface area contributed by atoms with Crippen LogP contribution in [0, 0.1) is 5.92 Å². The van der Waals surface area contributed by atoms with Crippen LogP contribution in [-0.2, 0) is 6.54 Å². The monoisotopic (exact) mass is 341 g/mol. The van der Waals surface area contributed by atoms with Gasteiger partial charge < -0.3 is 14.5 Å². The Morgan fingerprint density at radius 3 is 2.80 bits per heavy atom. The van der Waals surface area contributed by atoms with Crippen molar-refractivity contribution in [3.8, 4) is 0 Å². The lowest BCUT2D eigenvalue weighted by Crippen LogP contribution is -2.36. The molecule has 0 spiro atoms. The molecule has 25 heavy (non-hydrogen) atoms. The Hall–Kier alpha value is -2.18. The number of para-hydroxylation sites is 1. The Morgan fingerprint density at radius 2 is 2.04 bits per heavy atom. The van der Waals surface area contributed by atoms with Gasteiger partial charge in [0.1, 0.15) is 16.9 Å². The minimum atomic E-state index is -0.228. The van der Waals surface area contributed by atoms with E-state index in [-0.39, 0.29) is 17.7 Å². The summed E-state index contributed by atoms with van der Waals surface area (Å²) in [5.74, 6) is 1.10. The summed E-state index contributed by atoms with van der Waals surface area (Å²) in [6.45, 7) is 0.884. The Labute approximate surface area is 145 Å². The Bertz CT molecular complexity index is 938. The second-order valence-corrected chi connectivity index (χ2v) is 7.06. The SMILES string of the molecule is CN(Cc1nc2c(oc3ccccc32)c(=O)[nH]1)C1CCC(CO)CC1. The number of furan rings is 1. The smallest absolute Gasteiger partial charge is 0.294 e. The van der Waals surface area contributed by atoms with E-state index < -0.39 is 0 Å². The van der Waals surface area contributed by atoms with Gasteiger partial charge in [-0.1, -0.05) is 12.1 Å². The summed E-state index contributed by atoms with van der Waals surface area (Å²) < 4.78 is 5.64. The summed E-state index contributed by atoms with van der Waals surface area (Å²) in [6.07, 6.45) is 4.26. The molecular weight excluding hydrogens is 318 g/mol. The summed E-state index contributed by atoms with van der Waals surface area (Å²) in [4.78, 5) is 22.1. The Balaban J connectivity index is 1.59. The van der Waals surface area contributed by atoms with E-state index in [1.807, 2.05) is 24.3 Å². The van der Waals surface area contributed by atoms with E-state index in [2.05, 4.69) is 21.9 Å². The molecular formula is C19H23N3O3. The van der Waals surface area contributed by atoms with Crippen LogP contribution in [0.2, 0.25) is 0 Å². The summed E-state index contributed by atoms with van der Waals surface area (Å²) in [5.41, 5.74) is 1.37. The largest absolute Gasteiger partial charge is 0.449 e. The third-order valence-corrected chi connectivity index (χ3v) is 5.38. The molecule has 0 aliphatic heterocycles. The van der Waals surface area contributed by atoms with Crippen molar-refractivity contribution in [2.45, 2.75) is 38.3 Å². The van der Waals surface area contributed by atoms with Gasteiger partial charge in [0, 0.05) is 18.0 Å². The van der Waals surface area contributed by atoms with Crippen LogP contribution in [0.5, 0.6) is 0 Å². The first-order valence-electron chi connectivity index (χ1n) is 8.87. The molecule has 1 saturated carbocycles. The zero-order chi connectivity index (χ0) is 17.4. The van der Waals surface area contributed by atoms with Crippen LogP contribution < -0.4 is 5.56 Å². The molecule has 0 amide bonds. The van der Waals surface area contributed by atoms with Gasteiger partial charge in [-0.15, -0.1) is 0 Å². The van der Waals surface area contributed by atoms with E-state index in [0.29, 0.717) is 35.4 Å². The van der Waals surface area contributed by atoms with Gasteiger partial charge in [-0.2, -0.15) is 0 Å². The van der Waals surface area contributed by atoms with E-state index in [9.17, 15) is 9.90 Å². The van der Waals surface area contributed by atoms with E-state index in [4.69, 9.17) is 4.42 Å². The Kier molecular flexibility index (Phi) is 4.31. The molecule has 4 rings (SSSR count). The quantitative estimate of drug-likeness (QED) is 0.762. The van der Waals surface area contributed by atoms with Crippen molar-refractivity contribution < 1.29 is 9.52 Å². The first-order chi connectivity index (χ1) is 12.2. The second kappa shape index (κ2) is 6.61. The molecule has 1 aliphatic carbocycles. The summed E-state index contributed by atoms with van der Waals surface area (Å²) in [5, 5.41) is 10.1. The zero-order valence-electron chi connectivity index (χ0n) is 14.4. The molecule has 1 aliphatic rings. The molecule has 2 N–H and O–H groups in total. The van der Waals surface area contributed by atoms with Crippen molar-refractivity contribution in [2.75, 3.05) is 13.7 Å². The lowest BCUT2D eigenvalue weighted by Gasteiger charge is -2.33. The van der Waals surface area contributed by atoms with Gasteiger partial charge in [0.25, 0.3) is 5.56 Å². The number of hydrogen-bond donors (Lipinski definition) is 2. The van der Waals surface area contributed by atoms with Gasteiger partial charge in [-0.25, -0.2) is 4.98 Å². The van der Waals surface area contributed by atoms with Crippen LogP contribution in [0.3, 0.4) is 0 Å². The van der Waals surface area contributed by atoms with Crippen LogP contribution in [0.15, 0.2) is 33.5 Å². The summed E-state index contributed by atoms with van der Waals surface area (Å²) in [6, 6.07) is 8.05. The number of fused-ring (bicyclic) bond motifs is 3. The molecule has 1 fully saturated rings. The van der Waals surface area contributed by atoms with Gasteiger partial charge in [0.2, 0.25) is 5.58 Å². The van der Waals surface area contributed by atoms with Gasteiger partial charge in [-0.05, 0) is 50.8 Å². The number of H-pyrrole nitrogens is 1. The number of benzene rings is 1. The molecule has 6 heteroatoms. The van der Waals surface area contributed by atoms with Gasteiger partial charge in [0.15, 0.2) is 0 Å². The number of hydrogen-bond acceptors (Lipinski definition) is 5. The fourth-order valence-corrected chi connectivity index (χ4v) is 3.86. The maximum Gasteiger partial charge on any atom is 0.294 e. The number of rotatable bonds is 4. The number of aliphatic hydroxyl groups excluding tert-OH is 1. The fourth-order valence-electron chi connectivity index (χ4n) is 3.86. The topological polar surface area (TPSA) is 82.4 Å². The van der Waals surface area contributed by atoms with E-state index in [1.54, 1.807) is 0 Å². The molecule has 2 heterocycles. The minimum Gasteiger partial charge on any atom is -0.449 e. The highest BCUT2D eigenvalue weighted by atomic mass is 16.3. The average Bonchev–Trinajstić information content (AvgIpc) is 3.01. The average molecular weight is 341 g/mol. The summed E-state index contributed by atoms with van der Waals surface area (Å²) in [7, 11) is 2.07. The molecule has 0 radical (unpaired) electrons. The maximum absolute atomic E-state index is 12.4. The number of aromatic nitrogens is 2. The normalized spacial score (nSPS) is 21.4. The first-order valence-corrected chi connectivity index (χ1v) is 8.87. The van der Waals surface area contributed by atoms with Gasteiger partial charge in [0.05, 0.1) is 6.54 Å². The lowest BCUT2D eigenvalue weighted by molar-refractivity contribution is 0.122. The lowest BCUT2D eigenvalue weighted by atomic mass is 9.86. The molecule has 6 nitrogen and oxygen atoms in total. The molecule has 0 saturated heterocycles. The molecule has 0 bridgehead atoms. The number of aromatic amines is 1. The third-order valence-electron chi connectivity index (χ3n) is 5.38. The van der Waals surface area contributed by atoms with Crippen LogP contribution in [0.4, 0.5) is 0 Å². The van der Waals surface area contributed by atoms with E-state index in [1.165, 1.54) is 0 Å². The standard InChI is InChI=1S/C19H23N3O3/c1-22(13-8-6-12(11-23)7-9-13)10-16-20-17-14-4-2-3-5-15(14)25-18(17)19(24)21-16/h2-5,12-13,23H,6-11H2,1H3,(H,20,21,24). The minimum absolute atomic E-state index is 0.228. The van der Waals surface area contributed by atoms with Gasteiger partial charge in [-0.3, -0.25) is 9.69 Å². The van der Waals surface area contributed by atoms with Gasteiger partial charge >= 0.3 is 0 Å². The zero-order valence-corrected chi connectivity index (χ0v) is 14.4. The van der Waals surface area contributed by atoms with E-state index >= 15 is 0 Å². The number of nitrogens with zero attached hydrogens (tertiary/aromatic N) is 2. The highest BCUT2D eigenvalue weighted by molar-refractivity contribution is 6.01. The molecule has 3 aromatic rings. The van der Waals surface area contributed by atoms with Crippen molar-refractivity contribution in [1.82, 2.24) is 14.9 Å². The van der Waals surface area contributed by atoms with Crippen molar-refractivity contribution in [3.05, 3.63) is 40.4 Å². The molecule has 1 aromatic carbocycles. The number of aliphatic hydroxyl groups is 1. The maximum atomic E-state index is 12.4. The predicted molar refractivity (Wildman–Crippen MR) is 96.4 cm³/mol. The second-order valence-electron chi connectivity index (χ2n) is 7.06. The Morgan fingerprint density at radius 1 is 1.28 bits per heavy atom. The van der Waals surface area contributed by atoms with Crippen LogP contribution in [0.1, 0.15) is 31.5 Å². The van der Waals surface area contributed by atoms with Crippen molar-refractivity contribution in [3.63, 3.8) is 0 Å². The van der Waals surface area contributed by atoms with Crippen molar-refractivity contribution in [2.24, 2.45) is 5.92 Å². The van der Waals surface area contributed by atoms with Crippen molar-refractivity contribution >= 4 is 22.1 Å². The highest BCUT2D eigenvalue weighted by Crippen LogP contribution is 2.28. The highest BCUT2D eigenvalue weighted by Gasteiger charge is 2.24. The van der Waals surface area contributed by atoms with Crippen molar-refractivity contribution in [1.29, 1.82) is 0 Å². The first kappa shape index (κ1) is 16.3. The van der Waals surface area contributed by atoms with Crippen LogP contribution in [-0.4, -0.2) is 39.7 Å². The van der Waals surface area contributed by atoms with Crippen LogP contribution >= 0.6 is 0 Å².